The molecule has 1 saturated heterocycles. The fourth-order valence-electron chi connectivity index (χ4n) is 4.15. The molecule has 2 heterocycles. The van der Waals surface area contributed by atoms with Gasteiger partial charge in [0.15, 0.2) is 0 Å². The number of likely N-dealkylation sites (tertiary alicyclic amines) is 1. The number of nitrogens with zero attached hydrogens (tertiary/aromatic N) is 3. The summed E-state index contributed by atoms with van der Waals surface area (Å²) in [7, 11) is 5.67. The predicted octanol–water partition coefficient (Wildman–Crippen LogP) is 2.23. The number of carbonyl (C=O) groups excluding carboxylic acids is 2. The van der Waals surface area contributed by atoms with E-state index in [1.54, 1.807) is 7.11 Å². The molecule has 0 radical (unpaired) electrons. The van der Waals surface area contributed by atoms with Gasteiger partial charge < -0.3 is 19.3 Å². The highest BCUT2D eigenvalue weighted by Gasteiger charge is 2.42. The van der Waals surface area contributed by atoms with Crippen LogP contribution in [0.2, 0.25) is 0 Å². The topological polar surface area (TPSA) is 62.3 Å². The van der Waals surface area contributed by atoms with E-state index in [0.717, 1.165) is 37.2 Å². The number of hydrogen-bond donors (Lipinski definition) is 0. The van der Waals surface area contributed by atoms with Gasteiger partial charge in [0.25, 0.3) is 11.8 Å². The summed E-state index contributed by atoms with van der Waals surface area (Å²) in [6, 6.07) is 7.59. The summed E-state index contributed by atoms with van der Waals surface area (Å²) in [6.45, 7) is 5.43. The van der Waals surface area contributed by atoms with Crippen LogP contribution in [0.15, 0.2) is 30.0 Å². The summed E-state index contributed by atoms with van der Waals surface area (Å²) in [5, 5.41) is 0. The molecule has 1 aromatic carbocycles. The summed E-state index contributed by atoms with van der Waals surface area (Å²) >= 11 is 0. The molecule has 2 aliphatic rings. The number of piperidine rings is 1. The molecule has 0 aliphatic carbocycles. The van der Waals surface area contributed by atoms with E-state index in [9.17, 15) is 9.59 Å². The van der Waals surface area contributed by atoms with Crippen LogP contribution in [-0.4, -0.2) is 86.6 Å². The van der Waals surface area contributed by atoms with Gasteiger partial charge in [-0.15, -0.1) is 0 Å². The third-order valence-electron chi connectivity index (χ3n) is 5.99. The van der Waals surface area contributed by atoms with E-state index < -0.39 is 0 Å². The van der Waals surface area contributed by atoms with Crippen LogP contribution in [0.4, 0.5) is 0 Å². The van der Waals surface area contributed by atoms with E-state index in [2.05, 4.69) is 11.9 Å². The van der Waals surface area contributed by atoms with E-state index in [1.807, 2.05) is 43.1 Å². The number of imide groups is 1. The summed E-state index contributed by atoms with van der Waals surface area (Å²) in [4.78, 5) is 32.4. The number of rotatable bonds is 9. The molecule has 0 unspecified atom stereocenters. The van der Waals surface area contributed by atoms with Gasteiger partial charge in [-0.25, -0.2) is 0 Å². The van der Waals surface area contributed by atoms with Crippen LogP contribution < -0.4 is 4.74 Å². The average molecular weight is 416 g/mol. The Hall–Kier alpha value is -2.38. The van der Waals surface area contributed by atoms with Crippen LogP contribution >= 0.6 is 0 Å². The SMILES string of the molecule is CCOCCCN1C(=O)C(c2ccc(OC)cc2)=C(N(C)C2CCN(C)CC2)C1=O. The minimum atomic E-state index is -0.226. The lowest BCUT2D eigenvalue weighted by Crippen LogP contribution is -2.43. The van der Waals surface area contributed by atoms with Gasteiger partial charge in [0.2, 0.25) is 0 Å². The largest absolute Gasteiger partial charge is 0.497 e. The average Bonchev–Trinajstić information content (AvgIpc) is 3.01. The zero-order chi connectivity index (χ0) is 21.7. The molecule has 164 valence electrons. The van der Waals surface area contributed by atoms with Crippen molar-refractivity contribution in [1.82, 2.24) is 14.7 Å². The zero-order valence-corrected chi connectivity index (χ0v) is 18.5. The highest BCUT2D eigenvalue weighted by atomic mass is 16.5. The fourth-order valence-corrected chi connectivity index (χ4v) is 4.15. The maximum absolute atomic E-state index is 13.4. The fraction of sp³-hybridized carbons (Fsp3) is 0.565. The Kier molecular flexibility index (Phi) is 7.50. The van der Waals surface area contributed by atoms with E-state index in [-0.39, 0.29) is 17.9 Å². The Morgan fingerprint density at radius 1 is 1.10 bits per heavy atom. The zero-order valence-electron chi connectivity index (χ0n) is 18.5. The molecule has 2 aliphatic heterocycles. The van der Waals surface area contributed by atoms with Crippen molar-refractivity contribution in [3.63, 3.8) is 0 Å². The summed E-state index contributed by atoms with van der Waals surface area (Å²) < 4.78 is 10.6. The molecule has 3 rings (SSSR count). The Morgan fingerprint density at radius 3 is 2.37 bits per heavy atom. The second-order valence-corrected chi connectivity index (χ2v) is 7.91. The standard InChI is InChI=1S/C23H33N3O4/c1-5-30-16-6-13-26-22(27)20(17-7-9-19(29-4)10-8-17)21(23(26)28)25(3)18-11-14-24(2)15-12-18/h7-10,18H,5-6,11-16H2,1-4H3. The molecular formula is C23H33N3O4. The van der Waals surface area contributed by atoms with E-state index in [1.165, 1.54) is 4.90 Å². The number of methoxy groups -OCH3 is 1. The molecule has 0 atom stereocenters. The van der Waals surface area contributed by atoms with Crippen molar-refractivity contribution in [3.05, 3.63) is 35.5 Å². The summed E-state index contributed by atoms with van der Waals surface area (Å²) in [5.74, 6) is 0.287. The van der Waals surface area contributed by atoms with Crippen molar-refractivity contribution >= 4 is 17.4 Å². The smallest absolute Gasteiger partial charge is 0.277 e. The molecular weight excluding hydrogens is 382 g/mol. The lowest BCUT2D eigenvalue weighted by Gasteiger charge is -2.36. The Morgan fingerprint density at radius 2 is 1.77 bits per heavy atom. The molecule has 1 aromatic rings. The van der Waals surface area contributed by atoms with Crippen LogP contribution in [0.5, 0.6) is 5.75 Å². The minimum absolute atomic E-state index is 0.205. The van der Waals surface area contributed by atoms with Gasteiger partial charge >= 0.3 is 0 Å². The second kappa shape index (κ2) is 10.1. The molecule has 7 heteroatoms. The minimum Gasteiger partial charge on any atom is -0.497 e. The molecule has 0 aromatic heterocycles. The third kappa shape index (κ3) is 4.68. The molecule has 0 N–H and O–H groups in total. The molecule has 2 amide bonds. The van der Waals surface area contributed by atoms with Crippen molar-refractivity contribution < 1.29 is 19.1 Å². The predicted molar refractivity (Wildman–Crippen MR) is 116 cm³/mol. The maximum atomic E-state index is 13.4. The number of likely N-dealkylation sites (N-methyl/N-ethyl adjacent to an activating group) is 1. The molecule has 1 fully saturated rings. The van der Waals surface area contributed by atoms with Crippen LogP contribution in [0.1, 0.15) is 31.7 Å². The first-order valence-electron chi connectivity index (χ1n) is 10.7. The first-order chi connectivity index (χ1) is 14.5. The van der Waals surface area contributed by atoms with Gasteiger partial charge in [-0.1, -0.05) is 12.1 Å². The number of ether oxygens (including phenoxy) is 2. The van der Waals surface area contributed by atoms with Gasteiger partial charge in [-0.3, -0.25) is 14.5 Å². The van der Waals surface area contributed by atoms with Crippen LogP contribution in [0, 0.1) is 0 Å². The maximum Gasteiger partial charge on any atom is 0.277 e. The number of hydrogen-bond acceptors (Lipinski definition) is 6. The van der Waals surface area contributed by atoms with Gasteiger partial charge in [0, 0.05) is 32.8 Å². The first kappa shape index (κ1) is 22.3. The summed E-state index contributed by atoms with van der Waals surface area (Å²) in [5.41, 5.74) is 1.74. The second-order valence-electron chi connectivity index (χ2n) is 7.91. The first-order valence-corrected chi connectivity index (χ1v) is 10.7. The van der Waals surface area contributed by atoms with Gasteiger partial charge in [-0.2, -0.15) is 0 Å². The molecule has 0 saturated carbocycles. The third-order valence-corrected chi connectivity index (χ3v) is 5.99. The molecule has 0 spiro atoms. The highest BCUT2D eigenvalue weighted by molar-refractivity contribution is 6.35. The highest BCUT2D eigenvalue weighted by Crippen LogP contribution is 2.34. The van der Waals surface area contributed by atoms with Crippen LogP contribution in [-0.2, 0) is 14.3 Å². The van der Waals surface area contributed by atoms with E-state index >= 15 is 0 Å². The lowest BCUT2D eigenvalue weighted by atomic mass is 10.00. The monoisotopic (exact) mass is 415 g/mol. The van der Waals surface area contributed by atoms with Gasteiger partial charge in [0.05, 0.1) is 12.7 Å². The number of benzene rings is 1. The Labute approximate surface area is 179 Å². The van der Waals surface area contributed by atoms with Crippen molar-refractivity contribution in [2.75, 3.05) is 54.1 Å². The molecule has 0 bridgehead atoms. The van der Waals surface area contributed by atoms with E-state index in [0.29, 0.717) is 37.4 Å². The van der Waals surface area contributed by atoms with E-state index in [4.69, 9.17) is 9.47 Å². The lowest BCUT2D eigenvalue weighted by molar-refractivity contribution is -0.137. The number of amides is 2. The normalized spacial score (nSPS) is 18.5. The molecule has 30 heavy (non-hydrogen) atoms. The Bertz CT molecular complexity index is 782. The van der Waals surface area contributed by atoms with Crippen LogP contribution in [0.3, 0.4) is 0 Å². The molecule has 7 nitrogen and oxygen atoms in total. The van der Waals surface area contributed by atoms with Crippen molar-refractivity contribution in [1.29, 1.82) is 0 Å². The Balaban J connectivity index is 1.91. The number of carbonyl (C=O) groups is 2. The summed E-state index contributed by atoms with van der Waals surface area (Å²) in [6.07, 6.45) is 2.57. The van der Waals surface area contributed by atoms with Crippen molar-refractivity contribution in [3.8, 4) is 5.75 Å². The van der Waals surface area contributed by atoms with Crippen molar-refractivity contribution in [2.24, 2.45) is 0 Å². The van der Waals surface area contributed by atoms with Crippen molar-refractivity contribution in [2.45, 2.75) is 32.2 Å². The van der Waals surface area contributed by atoms with Crippen LogP contribution in [0.25, 0.3) is 5.57 Å². The van der Waals surface area contributed by atoms with Gasteiger partial charge in [-0.05, 0) is 64.0 Å². The quantitative estimate of drug-likeness (QED) is 0.455. The van der Waals surface area contributed by atoms with Gasteiger partial charge in [0.1, 0.15) is 11.4 Å².